The molecular weight excluding hydrogens is 431 g/mol. The molecule has 4 rings (SSSR count). The predicted molar refractivity (Wildman–Crippen MR) is 132 cm³/mol. The van der Waals surface area contributed by atoms with Crippen molar-refractivity contribution in [3.05, 3.63) is 59.4 Å². The minimum Gasteiger partial charge on any atom is -0.373 e. The third-order valence-electron chi connectivity index (χ3n) is 6.19. The molecule has 0 aromatic carbocycles. The lowest BCUT2D eigenvalue weighted by atomic mass is 10.3. The molecule has 4 heterocycles. The van der Waals surface area contributed by atoms with Crippen molar-refractivity contribution in [1.29, 1.82) is 0 Å². The van der Waals surface area contributed by atoms with Gasteiger partial charge in [0.05, 0.1) is 5.52 Å². The molecule has 0 spiro atoms. The lowest BCUT2D eigenvalue weighted by Crippen LogP contribution is -2.51. The third-order valence-corrected chi connectivity index (χ3v) is 13.6. The van der Waals surface area contributed by atoms with E-state index in [1.165, 1.54) is 5.52 Å². The van der Waals surface area contributed by atoms with Crippen molar-refractivity contribution in [2.45, 2.75) is 58.2 Å². The van der Waals surface area contributed by atoms with Gasteiger partial charge in [0.15, 0.2) is 8.24 Å². The Hall–Kier alpha value is -1.82. The summed E-state index contributed by atoms with van der Waals surface area (Å²) in [6.07, 6.45) is 7.59. The van der Waals surface area contributed by atoms with E-state index in [9.17, 15) is 0 Å². The number of nitrogens with zero attached hydrogens (tertiary/aromatic N) is 3. The van der Waals surface area contributed by atoms with E-state index in [-0.39, 0.29) is 0 Å². The summed E-state index contributed by atoms with van der Waals surface area (Å²) in [5, 5.41) is 3.22. The smallest absolute Gasteiger partial charge is 0.169 e. The molecule has 0 aliphatic heterocycles. The second kappa shape index (κ2) is 9.12. The fourth-order valence-electron chi connectivity index (χ4n) is 5.15. The first kappa shape index (κ1) is 22.9. The molecule has 4 nitrogen and oxygen atoms in total. The van der Waals surface area contributed by atoms with Gasteiger partial charge < -0.3 is 9.22 Å². The Kier molecular flexibility index (Phi) is 6.95. The number of rotatable bonds is 4. The molecule has 0 unspecified atom stereocenters. The fourth-order valence-corrected chi connectivity index (χ4v) is 12.2. The molecule has 1 N–H and O–H groups in total. The highest BCUT2D eigenvalue weighted by Gasteiger charge is 2.45. The molecule has 30 heavy (non-hydrogen) atoms. The first-order valence-corrected chi connectivity index (χ1v) is 13.3. The molecule has 0 aliphatic rings. The van der Waals surface area contributed by atoms with Gasteiger partial charge in [-0.05, 0) is 47.1 Å². The van der Waals surface area contributed by atoms with Gasteiger partial charge in [-0.2, -0.15) is 0 Å². The van der Waals surface area contributed by atoms with Crippen molar-refractivity contribution in [3.63, 3.8) is 0 Å². The Labute approximate surface area is 189 Å². The first-order chi connectivity index (χ1) is 14.2. The van der Waals surface area contributed by atoms with Crippen LogP contribution in [0.15, 0.2) is 49.1 Å². The molecule has 0 atom stereocenters. The zero-order valence-corrected chi connectivity index (χ0v) is 21.0. The predicted octanol–water partition coefficient (Wildman–Crippen LogP) is 7.93. The minimum atomic E-state index is -1.71. The van der Waals surface area contributed by atoms with Crippen molar-refractivity contribution in [2.24, 2.45) is 0 Å². The summed E-state index contributed by atoms with van der Waals surface area (Å²) in [6, 6.07) is 8.03. The molecule has 0 saturated carbocycles. The van der Waals surface area contributed by atoms with Crippen LogP contribution in [0.4, 0.5) is 0 Å². The Balaban J connectivity index is 0.000000212. The average molecular weight is 462 g/mol. The second-order valence-corrected chi connectivity index (χ2v) is 15.0. The number of hydrogen-bond acceptors (Lipinski definition) is 2. The van der Waals surface area contributed by atoms with Crippen LogP contribution in [0.1, 0.15) is 41.5 Å². The fraction of sp³-hybridized carbons (Fsp3) is 0.391. The number of nitrogens with one attached hydrogen (secondary N) is 1. The van der Waals surface area contributed by atoms with Gasteiger partial charge in [-0.25, -0.2) is 9.97 Å². The summed E-state index contributed by atoms with van der Waals surface area (Å²) in [5.74, 6) is 0. The van der Waals surface area contributed by atoms with Crippen LogP contribution in [0.25, 0.3) is 21.8 Å². The number of hydrogen-bond donors (Lipinski definition) is 1. The van der Waals surface area contributed by atoms with Crippen LogP contribution in [0.3, 0.4) is 0 Å². The van der Waals surface area contributed by atoms with Crippen molar-refractivity contribution < 1.29 is 0 Å². The number of aromatic amines is 1. The Morgan fingerprint density at radius 3 is 1.93 bits per heavy atom. The highest BCUT2D eigenvalue weighted by Crippen LogP contribution is 2.44. The second-order valence-electron chi connectivity index (χ2n) is 8.61. The van der Waals surface area contributed by atoms with Crippen LogP contribution in [-0.4, -0.2) is 27.4 Å². The number of aromatic nitrogens is 4. The highest BCUT2D eigenvalue weighted by atomic mass is 35.5. The molecule has 0 fully saturated rings. The van der Waals surface area contributed by atoms with Gasteiger partial charge in [0.2, 0.25) is 0 Å². The van der Waals surface area contributed by atoms with Crippen LogP contribution in [0.2, 0.25) is 26.9 Å². The van der Waals surface area contributed by atoms with Gasteiger partial charge in [-0.15, -0.1) is 0 Å². The van der Waals surface area contributed by atoms with Crippen molar-refractivity contribution in [3.8, 4) is 0 Å². The van der Waals surface area contributed by atoms with Crippen LogP contribution in [-0.2, 0) is 0 Å². The molecule has 0 aliphatic carbocycles. The average Bonchev–Trinajstić information content (AvgIpc) is 3.31. The quantitative estimate of drug-likeness (QED) is 0.248. The van der Waals surface area contributed by atoms with Gasteiger partial charge in [0.1, 0.15) is 10.3 Å². The molecule has 0 saturated heterocycles. The maximum absolute atomic E-state index is 6.25. The largest absolute Gasteiger partial charge is 0.373 e. The highest BCUT2D eigenvalue weighted by molar-refractivity contribution is 6.82. The van der Waals surface area contributed by atoms with E-state index in [1.54, 1.807) is 6.20 Å². The van der Waals surface area contributed by atoms with E-state index in [2.05, 4.69) is 79.1 Å². The van der Waals surface area contributed by atoms with Gasteiger partial charge in [0, 0.05) is 34.9 Å². The van der Waals surface area contributed by atoms with E-state index in [1.807, 2.05) is 24.5 Å². The molecular formula is C23H30Cl2N4Si. The van der Waals surface area contributed by atoms with Gasteiger partial charge >= 0.3 is 0 Å². The summed E-state index contributed by atoms with van der Waals surface area (Å²) in [6.45, 7) is 14.3. The van der Waals surface area contributed by atoms with E-state index < -0.39 is 8.24 Å². The maximum Gasteiger partial charge on any atom is 0.169 e. The molecule has 4 aromatic rings. The maximum atomic E-state index is 6.25. The number of fused-ring (bicyclic) bond motifs is 2. The first-order valence-electron chi connectivity index (χ1n) is 10.4. The topological polar surface area (TPSA) is 46.5 Å². The van der Waals surface area contributed by atoms with Crippen LogP contribution in [0, 0.1) is 0 Å². The standard InChI is InChI=1S/C16H25ClN2Si.C7H5ClN2/c1-11(2)20(12(3)4,13(5)6)19-10-8-14-15(19)7-9-18-16(14)17;8-7-5-1-3-9-6(5)2-4-10-7/h7-13H,1-6H3;1-4,9H. The SMILES string of the molecule is CC(C)[Si](C(C)C)(C(C)C)n1ccc2c(Cl)nccc21.Clc1nccc2[nH]ccc12. The Morgan fingerprint density at radius 1 is 0.800 bits per heavy atom. The summed E-state index contributed by atoms with van der Waals surface area (Å²) in [7, 11) is -1.71. The number of halogens is 2. The monoisotopic (exact) mass is 460 g/mol. The molecule has 7 heteroatoms. The normalized spacial score (nSPS) is 12.2. The molecule has 160 valence electrons. The third kappa shape index (κ3) is 3.91. The van der Waals surface area contributed by atoms with Crippen molar-refractivity contribution in [2.75, 3.05) is 0 Å². The Bertz CT molecular complexity index is 1110. The summed E-state index contributed by atoms with van der Waals surface area (Å²) >= 11 is 12.0. The van der Waals surface area contributed by atoms with Gasteiger partial charge in [-0.1, -0.05) is 64.7 Å². The molecule has 0 amide bonds. The lowest BCUT2D eigenvalue weighted by molar-refractivity contribution is 0.773. The lowest BCUT2D eigenvalue weighted by Gasteiger charge is -2.44. The number of pyridine rings is 2. The summed E-state index contributed by atoms with van der Waals surface area (Å²) in [4.78, 5) is 11.2. The zero-order chi connectivity index (χ0) is 22.1. The van der Waals surface area contributed by atoms with Crippen molar-refractivity contribution >= 4 is 53.2 Å². The molecule has 0 radical (unpaired) electrons. The van der Waals surface area contributed by atoms with Crippen LogP contribution >= 0.6 is 23.2 Å². The summed E-state index contributed by atoms with van der Waals surface area (Å²) in [5.41, 5.74) is 4.29. The molecule has 0 bridgehead atoms. The van der Waals surface area contributed by atoms with E-state index in [0.717, 1.165) is 16.3 Å². The van der Waals surface area contributed by atoms with Crippen molar-refractivity contribution in [1.82, 2.24) is 19.2 Å². The minimum absolute atomic E-state index is 0.554. The van der Waals surface area contributed by atoms with Crippen LogP contribution < -0.4 is 0 Å². The number of H-pyrrole nitrogens is 1. The van der Waals surface area contributed by atoms with E-state index in [0.29, 0.717) is 26.9 Å². The summed E-state index contributed by atoms with van der Waals surface area (Å²) < 4.78 is 2.57. The van der Waals surface area contributed by atoms with Crippen LogP contribution in [0.5, 0.6) is 0 Å². The van der Waals surface area contributed by atoms with Gasteiger partial charge in [-0.3, -0.25) is 0 Å². The van der Waals surface area contributed by atoms with E-state index >= 15 is 0 Å². The molecule has 4 aromatic heterocycles. The van der Waals surface area contributed by atoms with E-state index in [4.69, 9.17) is 23.2 Å². The Morgan fingerprint density at radius 2 is 1.37 bits per heavy atom. The van der Waals surface area contributed by atoms with Gasteiger partial charge in [0.25, 0.3) is 0 Å². The zero-order valence-electron chi connectivity index (χ0n) is 18.4.